The number of carbonyl (C=O) groups excluding carboxylic acids is 1. The molecule has 2 aromatic carbocycles. The predicted octanol–water partition coefficient (Wildman–Crippen LogP) is 3.98. The molecule has 2 heterocycles. The van der Waals surface area contributed by atoms with Crippen LogP contribution < -0.4 is 29.1 Å². The molecule has 1 aliphatic rings. The van der Waals surface area contributed by atoms with E-state index in [2.05, 4.69) is 20.9 Å². The fraction of sp³-hybridized carbons (Fsp3) is 0.296. The summed E-state index contributed by atoms with van der Waals surface area (Å²) in [5.41, 5.74) is 2.06. The van der Waals surface area contributed by atoms with E-state index in [0.717, 1.165) is 15.6 Å². The van der Waals surface area contributed by atoms with Crippen molar-refractivity contribution in [1.29, 1.82) is 0 Å². The summed E-state index contributed by atoms with van der Waals surface area (Å²) in [4.78, 5) is 31.9. The van der Waals surface area contributed by atoms with Crippen LogP contribution in [0.2, 0.25) is 0 Å². The topological polar surface area (TPSA) is 88.4 Å². The maximum Gasteiger partial charge on any atom is 0.338 e. The van der Waals surface area contributed by atoms with E-state index in [0.29, 0.717) is 44.5 Å². The molecule has 0 saturated carbocycles. The molecule has 1 aromatic heterocycles. The number of allylic oxidation sites excluding steroid dienone is 1. The van der Waals surface area contributed by atoms with Gasteiger partial charge in [0.25, 0.3) is 5.56 Å². The summed E-state index contributed by atoms with van der Waals surface area (Å²) in [6.45, 7) is 6.10. The zero-order valence-electron chi connectivity index (χ0n) is 21.2. The van der Waals surface area contributed by atoms with Crippen molar-refractivity contribution in [3.05, 3.63) is 83.0 Å². The summed E-state index contributed by atoms with van der Waals surface area (Å²) in [5.74, 6) is 1.33. The minimum Gasteiger partial charge on any atom is -0.497 e. The Morgan fingerprint density at radius 3 is 2.46 bits per heavy atom. The number of halogens is 1. The fourth-order valence-electron chi connectivity index (χ4n) is 4.12. The van der Waals surface area contributed by atoms with Crippen LogP contribution in [0.25, 0.3) is 6.08 Å². The molecule has 0 radical (unpaired) electrons. The van der Waals surface area contributed by atoms with E-state index >= 15 is 0 Å². The highest BCUT2D eigenvalue weighted by molar-refractivity contribution is 9.10. The summed E-state index contributed by atoms with van der Waals surface area (Å²) >= 11 is 4.83. The van der Waals surface area contributed by atoms with E-state index in [1.54, 1.807) is 50.8 Å². The number of hydrogen-bond donors (Lipinski definition) is 0. The fourth-order valence-corrected chi connectivity index (χ4v) is 5.60. The average molecular weight is 587 g/mol. The van der Waals surface area contributed by atoms with Gasteiger partial charge in [0.1, 0.15) is 5.75 Å². The van der Waals surface area contributed by atoms with Crippen LogP contribution in [0.3, 0.4) is 0 Å². The zero-order valence-corrected chi connectivity index (χ0v) is 23.6. The van der Waals surface area contributed by atoms with Gasteiger partial charge in [-0.15, -0.1) is 0 Å². The summed E-state index contributed by atoms with van der Waals surface area (Å²) in [6, 6.07) is 10.2. The molecular formula is C27H27BrN2O6S. The van der Waals surface area contributed by atoms with Gasteiger partial charge >= 0.3 is 5.97 Å². The predicted molar refractivity (Wildman–Crippen MR) is 145 cm³/mol. The molecule has 194 valence electrons. The number of thiazole rings is 1. The number of ether oxygens (including phenoxy) is 4. The molecule has 37 heavy (non-hydrogen) atoms. The highest BCUT2D eigenvalue weighted by atomic mass is 79.9. The van der Waals surface area contributed by atoms with Gasteiger partial charge in [-0.3, -0.25) is 9.36 Å². The summed E-state index contributed by atoms with van der Waals surface area (Å²) in [5, 5.41) is 0. The molecular weight excluding hydrogens is 560 g/mol. The molecule has 0 bridgehead atoms. The molecule has 1 aliphatic heterocycles. The summed E-state index contributed by atoms with van der Waals surface area (Å²) in [6.07, 6.45) is 1.78. The number of nitrogens with zero attached hydrogens (tertiary/aromatic N) is 2. The molecule has 8 nitrogen and oxygen atoms in total. The second kappa shape index (κ2) is 11.4. The van der Waals surface area contributed by atoms with Crippen molar-refractivity contribution in [3.8, 4) is 17.2 Å². The lowest BCUT2D eigenvalue weighted by Gasteiger charge is -2.24. The lowest BCUT2D eigenvalue weighted by atomic mass is 9.96. The van der Waals surface area contributed by atoms with Crippen molar-refractivity contribution in [1.82, 2.24) is 4.57 Å². The van der Waals surface area contributed by atoms with Crippen LogP contribution in [0.5, 0.6) is 17.2 Å². The Morgan fingerprint density at radius 2 is 1.84 bits per heavy atom. The molecule has 3 aromatic rings. The number of fused-ring (bicyclic) bond motifs is 1. The van der Waals surface area contributed by atoms with Gasteiger partial charge in [-0.1, -0.05) is 39.4 Å². The van der Waals surface area contributed by atoms with Crippen LogP contribution in [-0.4, -0.2) is 38.0 Å². The standard InChI is InChI=1S/C27H27BrN2O6S/c1-6-35-21-14-19(28)17(12-20(21)34-5)13-22-25(31)30-24(16-8-10-18(33-4)11-9-16)23(26(32)36-7-2)15(3)29-27(30)37-22/h8-14,24H,6-7H2,1-5H3/b22-13+/t24-/m0/s1. The van der Waals surface area contributed by atoms with Crippen molar-refractivity contribution in [2.75, 3.05) is 27.4 Å². The lowest BCUT2D eigenvalue weighted by molar-refractivity contribution is -0.139. The van der Waals surface area contributed by atoms with Gasteiger partial charge < -0.3 is 18.9 Å². The number of methoxy groups -OCH3 is 2. The van der Waals surface area contributed by atoms with Crippen molar-refractivity contribution in [2.24, 2.45) is 4.99 Å². The molecule has 0 aliphatic carbocycles. The molecule has 1 atom stereocenters. The number of esters is 1. The Hall–Kier alpha value is -3.37. The summed E-state index contributed by atoms with van der Waals surface area (Å²) < 4.78 is 24.5. The van der Waals surface area contributed by atoms with Crippen LogP contribution >= 0.6 is 27.3 Å². The van der Waals surface area contributed by atoms with Crippen LogP contribution in [0.1, 0.15) is 37.9 Å². The third kappa shape index (κ3) is 5.21. The van der Waals surface area contributed by atoms with Gasteiger partial charge in [0.15, 0.2) is 16.3 Å². The maximum absolute atomic E-state index is 13.8. The first-order valence-corrected chi connectivity index (χ1v) is 13.3. The Labute approximate surface area is 226 Å². The van der Waals surface area contributed by atoms with E-state index in [-0.39, 0.29) is 12.2 Å². The van der Waals surface area contributed by atoms with Gasteiger partial charge in [-0.25, -0.2) is 9.79 Å². The van der Waals surface area contributed by atoms with Crippen LogP contribution in [0.15, 0.2) is 61.9 Å². The molecule has 0 saturated heterocycles. The third-order valence-electron chi connectivity index (χ3n) is 5.82. The lowest BCUT2D eigenvalue weighted by Crippen LogP contribution is -2.39. The Bertz CT molecular complexity index is 1540. The van der Waals surface area contributed by atoms with E-state index < -0.39 is 12.0 Å². The molecule has 0 N–H and O–H groups in total. The Balaban J connectivity index is 1.92. The quantitative estimate of drug-likeness (QED) is 0.371. The first kappa shape index (κ1) is 26.7. The number of hydrogen-bond acceptors (Lipinski definition) is 8. The monoisotopic (exact) mass is 586 g/mol. The molecule has 4 rings (SSSR count). The average Bonchev–Trinajstić information content (AvgIpc) is 3.19. The number of aromatic nitrogens is 1. The third-order valence-corrected chi connectivity index (χ3v) is 7.49. The minimum atomic E-state index is -0.693. The van der Waals surface area contributed by atoms with Crippen LogP contribution in [-0.2, 0) is 9.53 Å². The number of rotatable bonds is 8. The SMILES string of the molecule is CCOC(=O)C1=C(C)N=c2s/c(=C/c3cc(OC)c(OCC)cc3Br)c(=O)n2[C@H]1c1ccc(OC)cc1. The second-order valence-corrected chi connectivity index (χ2v) is 9.90. The van der Waals surface area contributed by atoms with Crippen molar-refractivity contribution in [2.45, 2.75) is 26.8 Å². The Kier molecular flexibility index (Phi) is 8.19. The van der Waals surface area contributed by atoms with E-state index in [9.17, 15) is 9.59 Å². The maximum atomic E-state index is 13.8. The normalized spacial score (nSPS) is 15.2. The van der Waals surface area contributed by atoms with E-state index in [4.69, 9.17) is 18.9 Å². The minimum absolute atomic E-state index is 0.211. The Morgan fingerprint density at radius 1 is 1.11 bits per heavy atom. The van der Waals surface area contributed by atoms with E-state index in [1.165, 1.54) is 11.3 Å². The molecule has 0 fully saturated rings. The van der Waals surface area contributed by atoms with Gasteiger partial charge in [0.2, 0.25) is 0 Å². The second-order valence-electron chi connectivity index (χ2n) is 8.03. The van der Waals surface area contributed by atoms with E-state index in [1.807, 2.05) is 31.2 Å². The number of benzene rings is 2. The number of carbonyl (C=O) groups is 1. The van der Waals surface area contributed by atoms with Crippen molar-refractivity contribution < 1.29 is 23.7 Å². The molecule has 0 amide bonds. The van der Waals surface area contributed by atoms with Crippen LogP contribution in [0.4, 0.5) is 0 Å². The van der Waals surface area contributed by atoms with Gasteiger partial charge in [0.05, 0.1) is 49.3 Å². The summed E-state index contributed by atoms with van der Waals surface area (Å²) in [7, 11) is 3.15. The van der Waals surface area contributed by atoms with Gasteiger partial charge in [0, 0.05) is 4.47 Å². The highest BCUT2D eigenvalue weighted by Crippen LogP contribution is 2.34. The molecule has 0 spiro atoms. The van der Waals surface area contributed by atoms with Gasteiger partial charge in [-0.2, -0.15) is 0 Å². The van der Waals surface area contributed by atoms with Crippen LogP contribution in [0, 0.1) is 0 Å². The molecule has 10 heteroatoms. The zero-order chi connectivity index (χ0) is 26.7. The smallest absolute Gasteiger partial charge is 0.338 e. The molecule has 0 unspecified atom stereocenters. The first-order valence-electron chi connectivity index (χ1n) is 11.7. The van der Waals surface area contributed by atoms with Crippen molar-refractivity contribution >= 4 is 39.3 Å². The van der Waals surface area contributed by atoms with Gasteiger partial charge in [-0.05, 0) is 62.2 Å². The highest BCUT2D eigenvalue weighted by Gasteiger charge is 2.33. The largest absolute Gasteiger partial charge is 0.497 e. The van der Waals surface area contributed by atoms with Crippen molar-refractivity contribution in [3.63, 3.8) is 0 Å². The first-order chi connectivity index (χ1) is 17.8.